The fourth-order valence-electron chi connectivity index (χ4n) is 2.36. The number of hydrogen-bond donors (Lipinski definition) is 1. The van der Waals surface area contributed by atoms with E-state index < -0.39 is 4.92 Å². The van der Waals surface area contributed by atoms with Gasteiger partial charge in [-0.1, -0.05) is 0 Å². The molecule has 0 spiro atoms. The number of aryl methyl sites for hydroxylation is 1. The first-order chi connectivity index (χ1) is 12.1. The van der Waals surface area contributed by atoms with Crippen LogP contribution in [0.5, 0.6) is 11.5 Å². The van der Waals surface area contributed by atoms with E-state index in [-0.39, 0.29) is 18.4 Å². The fraction of sp³-hybridized carbons (Fsp3) is 0.133. The number of rotatable bonds is 4. The van der Waals surface area contributed by atoms with Gasteiger partial charge >= 0.3 is 5.69 Å². The first kappa shape index (κ1) is 14.9. The second-order valence-corrected chi connectivity index (χ2v) is 5.29. The first-order valence-electron chi connectivity index (χ1n) is 7.30. The highest BCUT2D eigenvalue weighted by atomic mass is 16.7. The van der Waals surface area contributed by atoms with Crippen molar-refractivity contribution >= 4 is 17.2 Å². The number of anilines is 2. The van der Waals surface area contributed by atoms with Crippen LogP contribution in [0.1, 0.15) is 5.69 Å². The molecule has 0 radical (unpaired) electrons. The van der Waals surface area contributed by atoms with Crippen molar-refractivity contribution in [2.45, 2.75) is 6.92 Å². The minimum absolute atomic E-state index is 0.129. The van der Waals surface area contributed by atoms with Gasteiger partial charge in [0.05, 0.1) is 4.92 Å². The zero-order valence-electron chi connectivity index (χ0n) is 13.0. The summed E-state index contributed by atoms with van der Waals surface area (Å²) < 4.78 is 11.9. The van der Waals surface area contributed by atoms with Crippen LogP contribution in [0.4, 0.5) is 17.2 Å². The molecule has 2 aromatic heterocycles. The van der Waals surface area contributed by atoms with Crippen molar-refractivity contribution in [3.8, 4) is 17.4 Å². The molecule has 0 amide bonds. The molecule has 3 aromatic rings. The van der Waals surface area contributed by atoms with Gasteiger partial charge in [-0.2, -0.15) is 14.8 Å². The molecule has 0 unspecified atom stereocenters. The van der Waals surface area contributed by atoms with E-state index in [4.69, 9.17) is 9.47 Å². The summed E-state index contributed by atoms with van der Waals surface area (Å²) in [4.78, 5) is 18.9. The normalized spacial score (nSPS) is 12.2. The predicted octanol–water partition coefficient (Wildman–Crippen LogP) is 2.35. The Morgan fingerprint density at radius 2 is 2.08 bits per heavy atom. The molecule has 10 nitrogen and oxygen atoms in total. The maximum atomic E-state index is 10.8. The van der Waals surface area contributed by atoms with Crippen LogP contribution in [0.15, 0.2) is 36.7 Å². The molecule has 25 heavy (non-hydrogen) atoms. The Labute approximate surface area is 141 Å². The van der Waals surface area contributed by atoms with Gasteiger partial charge in [-0.25, -0.2) is 4.98 Å². The molecule has 4 rings (SSSR count). The molecular weight excluding hydrogens is 328 g/mol. The van der Waals surface area contributed by atoms with Crippen molar-refractivity contribution in [1.29, 1.82) is 0 Å². The Bertz CT molecular complexity index is 970. The topological polar surface area (TPSA) is 117 Å². The third kappa shape index (κ3) is 2.92. The van der Waals surface area contributed by atoms with Crippen molar-refractivity contribution in [1.82, 2.24) is 19.7 Å². The summed E-state index contributed by atoms with van der Waals surface area (Å²) in [5, 5.41) is 17.9. The highest BCUT2D eigenvalue weighted by Crippen LogP contribution is 2.35. The van der Waals surface area contributed by atoms with Crippen LogP contribution >= 0.6 is 0 Å². The van der Waals surface area contributed by atoms with E-state index in [0.29, 0.717) is 23.0 Å². The molecule has 1 aliphatic rings. The lowest BCUT2D eigenvalue weighted by Crippen LogP contribution is -2.05. The number of nitro groups is 1. The molecule has 0 aliphatic carbocycles. The van der Waals surface area contributed by atoms with E-state index in [1.807, 2.05) is 6.07 Å². The second-order valence-electron chi connectivity index (χ2n) is 5.29. The van der Waals surface area contributed by atoms with Crippen molar-refractivity contribution in [2.75, 3.05) is 12.1 Å². The van der Waals surface area contributed by atoms with Crippen LogP contribution in [0.25, 0.3) is 5.95 Å². The maximum absolute atomic E-state index is 10.8. The summed E-state index contributed by atoms with van der Waals surface area (Å²) in [6.07, 6.45) is 2.41. The van der Waals surface area contributed by atoms with Crippen LogP contribution in [0.2, 0.25) is 0 Å². The van der Waals surface area contributed by atoms with Crippen molar-refractivity contribution in [2.24, 2.45) is 0 Å². The number of hydrogen-bond acceptors (Lipinski definition) is 8. The lowest BCUT2D eigenvalue weighted by Gasteiger charge is -2.09. The molecule has 1 N–H and O–H groups in total. The number of fused-ring (bicyclic) bond motifs is 1. The number of aromatic nitrogens is 4. The van der Waals surface area contributed by atoms with Gasteiger partial charge in [0.1, 0.15) is 18.2 Å². The highest BCUT2D eigenvalue weighted by molar-refractivity contribution is 5.62. The number of nitrogens with one attached hydrogen (secondary N) is 1. The second kappa shape index (κ2) is 5.74. The van der Waals surface area contributed by atoms with Gasteiger partial charge in [-0.3, -0.25) is 10.1 Å². The van der Waals surface area contributed by atoms with E-state index in [1.54, 1.807) is 25.1 Å². The van der Waals surface area contributed by atoms with E-state index in [0.717, 1.165) is 11.9 Å². The quantitative estimate of drug-likeness (QED) is 0.568. The van der Waals surface area contributed by atoms with Crippen LogP contribution in [-0.4, -0.2) is 31.5 Å². The molecule has 0 saturated heterocycles. The Kier molecular flexibility index (Phi) is 3.42. The molecular formula is C15H12N6O4. The average Bonchev–Trinajstić information content (AvgIpc) is 3.23. The molecule has 1 aliphatic heterocycles. The predicted molar refractivity (Wildman–Crippen MR) is 86.4 cm³/mol. The van der Waals surface area contributed by atoms with Gasteiger partial charge in [0.2, 0.25) is 6.79 Å². The van der Waals surface area contributed by atoms with Crippen molar-refractivity contribution in [3.05, 3.63) is 52.5 Å². The van der Waals surface area contributed by atoms with Crippen LogP contribution in [0, 0.1) is 17.0 Å². The van der Waals surface area contributed by atoms with Gasteiger partial charge in [0, 0.05) is 23.5 Å². The Morgan fingerprint density at radius 3 is 2.88 bits per heavy atom. The minimum atomic E-state index is -0.523. The summed E-state index contributed by atoms with van der Waals surface area (Å²) in [6, 6.07) is 7.20. The van der Waals surface area contributed by atoms with Crippen LogP contribution in [0.3, 0.4) is 0 Å². The molecule has 1 aromatic carbocycles. The number of ether oxygens (including phenoxy) is 2. The first-order valence-corrected chi connectivity index (χ1v) is 7.30. The molecule has 0 fully saturated rings. The van der Waals surface area contributed by atoms with Crippen molar-refractivity contribution in [3.63, 3.8) is 0 Å². The number of nitrogens with zero attached hydrogens (tertiary/aromatic N) is 5. The van der Waals surface area contributed by atoms with Gasteiger partial charge in [-0.15, -0.1) is 0 Å². The lowest BCUT2D eigenvalue weighted by atomic mass is 10.2. The lowest BCUT2D eigenvalue weighted by molar-refractivity contribution is -0.384. The summed E-state index contributed by atoms with van der Waals surface area (Å²) in [5.74, 6) is 2.10. The standard InChI is InChI=1S/C15H12N6O4/c1-9-4-14(18-10-2-3-12-13(5-10)25-8-24-12)19-15(17-9)20-7-11(6-16-20)21(22)23/h2-7H,8H2,1H3,(H,17,18,19). The van der Waals surface area contributed by atoms with Crippen molar-refractivity contribution < 1.29 is 14.4 Å². The smallest absolute Gasteiger partial charge is 0.307 e. The van der Waals surface area contributed by atoms with E-state index in [2.05, 4.69) is 20.4 Å². The molecule has 3 heterocycles. The SMILES string of the molecule is Cc1cc(Nc2ccc3c(c2)OCO3)nc(-n2cc([N+](=O)[O-])cn2)n1. The zero-order chi connectivity index (χ0) is 17.4. The van der Waals surface area contributed by atoms with Crippen LogP contribution < -0.4 is 14.8 Å². The molecule has 0 bridgehead atoms. The third-order valence-corrected chi connectivity index (χ3v) is 3.47. The average molecular weight is 340 g/mol. The van der Waals surface area contributed by atoms with Gasteiger partial charge in [0.25, 0.3) is 5.95 Å². The zero-order valence-corrected chi connectivity index (χ0v) is 13.0. The number of benzene rings is 1. The van der Waals surface area contributed by atoms with Gasteiger partial charge < -0.3 is 14.8 Å². The van der Waals surface area contributed by atoms with E-state index in [9.17, 15) is 10.1 Å². The Hall–Kier alpha value is -3.69. The summed E-state index contributed by atoms with van der Waals surface area (Å²) in [7, 11) is 0. The largest absolute Gasteiger partial charge is 0.454 e. The van der Waals surface area contributed by atoms with E-state index in [1.165, 1.54) is 10.9 Å². The summed E-state index contributed by atoms with van der Waals surface area (Å²) in [6.45, 7) is 2.00. The minimum Gasteiger partial charge on any atom is -0.454 e. The highest BCUT2D eigenvalue weighted by Gasteiger charge is 2.15. The van der Waals surface area contributed by atoms with Gasteiger partial charge in [0.15, 0.2) is 11.5 Å². The summed E-state index contributed by atoms with van der Waals surface area (Å²) in [5.41, 5.74) is 1.32. The molecule has 0 saturated carbocycles. The maximum Gasteiger partial charge on any atom is 0.307 e. The van der Waals surface area contributed by atoms with E-state index >= 15 is 0 Å². The van der Waals surface area contributed by atoms with Crippen LogP contribution in [-0.2, 0) is 0 Å². The molecule has 126 valence electrons. The Morgan fingerprint density at radius 1 is 1.24 bits per heavy atom. The fourth-order valence-corrected chi connectivity index (χ4v) is 2.36. The third-order valence-electron chi connectivity index (χ3n) is 3.47. The summed E-state index contributed by atoms with van der Waals surface area (Å²) >= 11 is 0. The Balaban J connectivity index is 1.64. The monoisotopic (exact) mass is 340 g/mol. The molecule has 10 heteroatoms. The molecule has 0 atom stereocenters. The van der Waals surface area contributed by atoms with Gasteiger partial charge in [-0.05, 0) is 19.1 Å².